The van der Waals surface area contributed by atoms with Crippen LogP contribution in [0.3, 0.4) is 0 Å². The molecule has 0 saturated heterocycles. The topological polar surface area (TPSA) is 8.82 Å². The summed E-state index contributed by atoms with van der Waals surface area (Å²) in [5.74, 6) is 0. The Morgan fingerprint density at radius 1 is 0.308 bits per heavy atom. The highest BCUT2D eigenvalue weighted by molar-refractivity contribution is 7.26. The third-order valence-electron chi connectivity index (χ3n) is 14.6. The molecule has 0 spiro atoms. The van der Waals surface area contributed by atoms with E-state index in [1.54, 1.807) is 0 Å². The molecule has 310 valence electrons. The third-order valence-corrected chi connectivity index (χ3v) is 15.7. The summed E-state index contributed by atoms with van der Waals surface area (Å²) in [5.41, 5.74) is 17.8. The number of thiophene rings is 1. The Labute approximate surface area is 381 Å². The van der Waals surface area contributed by atoms with Crippen LogP contribution in [0.5, 0.6) is 0 Å². The lowest BCUT2D eigenvalue weighted by molar-refractivity contribution is 0.590. The van der Waals surface area contributed by atoms with Gasteiger partial charge in [-0.1, -0.05) is 139 Å². The monoisotopic (exact) mass is 850 g/mol. The maximum Gasteiger partial charge on any atom is 0.0627 e. The van der Waals surface area contributed by atoms with E-state index in [1.165, 1.54) is 141 Å². The Hall–Kier alpha value is -7.20. The molecule has 5 heterocycles. The van der Waals surface area contributed by atoms with Gasteiger partial charge in [0.05, 0.1) is 33.1 Å². The molecular formula is C62H46N2S. The molecule has 0 aliphatic heterocycles. The van der Waals surface area contributed by atoms with Gasteiger partial charge in [-0.25, -0.2) is 0 Å². The maximum atomic E-state index is 2.62. The van der Waals surface area contributed by atoms with Crippen molar-refractivity contribution in [3.05, 3.63) is 181 Å². The van der Waals surface area contributed by atoms with Gasteiger partial charge in [0.25, 0.3) is 0 Å². The van der Waals surface area contributed by atoms with Crippen molar-refractivity contribution in [1.29, 1.82) is 0 Å². The van der Waals surface area contributed by atoms with Gasteiger partial charge in [-0.05, 0) is 128 Å². The molecule has 2 nitrogen and oxygen atoms in total. The Balaban J connectivity index is 1.13. The van der Waals surface area contributed by atoms with Crippen LogP contribution in [0.25, 0.3) is 130 Å². The Bertz CT molecular complexity index is 4220. The molecule has 0 amide bonds. The minimum absolute atomic E-state index is 0.0115. The van der Waals surface area contributed by atoms with Crippen LogP contribution in [-0.4, -0.2) is 8.80 Å². The number of fused-ring (bicyclic) bond motifs is 16. The van der Waals surface area contributed by atoms with Crippen LogP contribution in [0.2, 0.25) is 0 Å². The van der Waals surface area contributed by atoms with Crippen LogP contribution in [0, 0.1) is 0 Å². The summed E-state index contributed by atoms with van der Waals surface area (Å²) in [6.45, 7) is 14.0. The quantitative estimate of drug-likeness (QED) is 0.167. The smallest absolute Gasteiger partial charge is 0.0627 e. The minimum atomic E-state index is -0.0115. The van der Waals surface area contributed by atoms with Crippen LogP contribution in [0.1, 0.15) is 52.7 Å². The highest BCUT2D eigenvalue weighted by Gasteiger charge is 2.27. The van der Waals surface area contributed by atoms with Gasteiger partial charge < -0.3 is 8.80 Å². The van der Waals surface area contributed by atoms with Crippen molar-refractivity contribution in [3.8, 4) is 33.4 Å². The fraction of sp³-hybridized carbons (Fsp3) is 0.129. The van der Waals surface area contributed by atoms with E-state index in [2.05, 4.69) is 220 Å². The Kier molecular flexibility index (Phi) is 7.29. The molecule has 0 radical (unpaired) electrons. The lowest BCUT2D eigenvalue weighted by Crippen LogP contribution is -2.11. The van der Waals surface area contributed by atoms with E-state index in [0.717, 1.165) is 0 Å². The summed E-state index contributed by atoms with van der Waals surface area (Å²) in [6.07, 6.45) is 0. The van der Waals surface area contributed by atoms with E-state index in [-0.39, 0.29) is 10.8 Å². The lowest BCUT2D eigenvalue weighted by atomic mass is 9.84. The fourth-order valence-electron chi connectivity index (χ4n) is 11.3. The van der Waals surface area contributed by atoms with Crippen molar-refractivity contribution in [2.24, 2.45) is 0 Å². The molecule has 3 heteroatoms. The third kappa shape index (κ3) is 5.16. The molecule has 0 bridgehead atoms. The summed E-state index contributed by atoms with van der Waals surface area (Å²) in [7, 11) is 0. The van der Waals surface area contributed by atoms with Gasteiger partial charge in [0.1, 0.15) is 0 Å². The zero-order valence-electron chi connectivity index (χ0n) is 37.5. The molecule has 65 heavy (non-hydrogen) atoms. The van der Waals surface area contributed by atoms with Gasteiger partial charge >= 0.3 is 0 Å². The van der Waals surface area contributed by atoms with E-state index in [4.69, 9.17) is 0 Å². The molecule has 0 aliphatic carbocycles. The van der Waals surface area contributed by atoms with Crippen molar-refractivity contribution in [2.45, 2.75) is 52.4 Å². The number of nitrogens with zero attached hydrogens (tertiary/aromatic N) is 2. The van der Waals surface area contributed by atoms with Gasteiger partial charge in [0.15, 0.2) is 0 Å². The van der Waals surface area contributed by atoms with Gasteiger partial charge in [-0.3, -0.25) is 0 Å². The minimum Gasteiger partial charge on any atom is -0.308 e. The zero-order chi connectivity index (χ0) is 43.7. The standard InChI is InChI=1S/C62H46N2S/c1-61(2,3)41-22-24-51-45(29-41)48-30-42(62(4,5)6)31-49-46-32-54-47(33-53(46)63(51)59(48)49)50-34-56-57(44-19-13-14-20-55(44)65-56)58-43-23-21-37(28-52(43)64(54)60(50)58)40-26-38(35-15-9-7-10-16-35)25-39(27-40)36-17-11-8-12-18-36/h7-34H,1-6H3. The van der Waals surface area contributed by atoms with E-state index in [9.17, 15) is 0 Å². The van der Waals surface area contributed by atoms with E-state index in [0.29, 0.717) is 0 Å². The first-order valence-electron chi connectivity index (χ1n) is 23.0. The summed E-state index contributed by atoms with van der Waals surface area (Å²) < 4.78 is 7.88. The Morgan fingerprint density at radius 3 is 1.46 bits per heavy atom. The molecular weight excluding hydrogens is 805 g/mol. The van der Waals surface area contributed by atoms with Gasteiger partial charge in [0.2, 0.25) is 0 Å². The van der Waals surface area contributed by atoms with Crippen molar-refractivity contribution in [3.63, 3.8) is 0 Å². The highest BCUT2D eigenvalue weighted by Crippen LogP contribution is 2.51. The van der Waals surface area contributed by atoms with Crippen molar-refractivity contribution >= 4 is 108 Å². The summed E-state index contributed by atoms with van der Waals surface area (Å²) >= 11 is 1.92. The van der Waals surface area contributed by atoms with Crippen LogP contribution in [0.15, 0.2) is 170 Å². The second-order valence-electron chi connectivity index (χ2n) is 20.6. The normalized spacial score (nSPS) is 13.1. The molecule has 0 N–H and O–H groups in total. The van der Waals surface area contributed by atoms with Crippen molar-refractivity contribution in [1.82, 2.24) is 8.80 Å². The predicted molar refractivity (Wildman–Crippen MR) is 282 cm³/mol. The molecule has 0 aliphatic rings. The van der Waals surface area contributed by atoms with Crippen LogP contribution >= 0.6 is 11.3 Å². The number of rotatable bonds is 3. The van der Waals surface area contributed by atoms with Crippen LogP contribution < -0.4 is 0 Å². The fourth-order valence-corrected chi connectivity index (χ4v) is 12.5. The molecule has 0 atom stereocenters. The average molecular weight is 851 g/mol. The first-order valence-corrected chi connectivity index (χ1v) is 23.8. The average Bonchev–Trinajstić information content (AvgIpc) is 4.11. The molecule has 0 unspecified atom stereocenters. The van der Waals surface area contributed by atoms with Crippen molar-refractivity contribution < 1.29 is 0 Å². The lowest BCUT2D eigenvalue weighted by Gasteiger charge is -2.20. The number of hydrogen-bond acceptors (Lipinski definition) is 1. The van der Waals surface area contributed by atoms with Crippen LogP contribution in [0.4, 0.5) is 0 Å². The maximum absolute atomic E-state index is 2.62. The molecule has 5 aromatic heterocycles. The molecule has 14 aromatic rings. The second-order valence-corrected chi connectivity index (χ2v) is 21.7. The predicted octanol–water partition coefficient (Wildman–Crippen LogP) is 18.0. The van der Waals surface area contributed by atoms with Gasteiger partial charge in [-0.15, -0.1) is 11.3 Å². The van der Waals surface area contributed by atoms with Gasteiger partial charge in [-0.2, -0.15) is 0 Å². The molecule has 0 saturated carbocycles. The zero-order valence-corrected chi connectivity index (χ0v) is 38.3. The summed E-state index contributed by atoms with van der Waals surface area (Å²) in [5, 5.41) is 13.3. The molecule has 14 rings (SSSR count). The number of hydrogen-bond donors (Lipinski definition) is 0. The second kappa shape index (κ2) is 12.7. The van der Waals surface area contributed by atoms with Gasteiger partial charge in [0, 0.05) is 63.3 Å². The SMILES string of the molecule is CC(C)(C)c1ccc2c(c1)c1cc(C(C)(C)C)cc3c4cc5c(cc4n2c13)c1cc2sc3ccccc3c2c2c3ccc(-c4cc(-c6ccccc6)cc(-c6ccccc6)c4)cc3n5c12. The van der Waals surface area contributed by atoms with Crippen molar-refractivity contribution in [2.75, 3.05) is 0 Å². The molecule has 9 aromatic carbocycles. The summed E-state index contributed by atoms with van der Waals surface area (Å²) in [4.78, 5) is 0. The first kappa shape index (κ1) is 37.2. The molecule has 0 fully saturated rings. The van der Waals surface area contributed by atoms with E-state index in [1.807, 2.05) is 11.3 Å². The highest BCUT2D eigenvalue weighted by atomic mass is 32.1. The first-order chi connectivity index (χ1) is 31.5. The number of benzene rings is 9. The van der Waals surface area contributed by atoms with E-state index >= 15 is 0 Å². The largest absolute Gasteiger partial charge is 0.308 e. The number of aromatic nitrogens is 2. The Morgan fingerprint density at radius 2 is 0.831 bits per heavy atom. The summed E-state index contributed by atoms with van der Waals surface area (Å²) in [6, 6.07) is 64.7. The van der Waals surface area contributed by atoms with Crippen LogP contribution in [-0.2, 0) is 10.8 Å². The van der Waals surface area contributed by atoms with E-state index < -0.39 is 0 Å².